The molecule has 6 nitrogen and oxygen atoms in total. The minimum Gasteiger partial charge on any atom is -0.393 e. The molecule has 0 saturated carbocycles. The molecule has 1 atom stereocenters. The summed E-state index contributed by atoms with van der Waals surface area (Å²) in [5.41, 5.74) is 0. The Morgan fingerprint density at radius 2 is 1.92 bits per heavy atom. The van der Waals surface area contributed by atoms with Crippen LogP contribution in [0.15, 0.2) is 0 Å². The average Bonchev–Trinajstić information content (AvgIpc) is 2.09. The Bertz CT molecular complexity index is 329. The summed E-state index contributed by atoms with van der Waals surface area (Å²) < 4.78 is 34.1. The molecule has 7 heteroatoms. The third-order valence-corrected chi connectivity index (χ3v) is 2.96. The SMILES string of the molecule is O=C1CCC(S(=O)(=O)O)CC(=O)O1. The Labute approximate surface area is 74.6 Å². The van der Waals surface area contributed by atoms with E-state index in [9.17, 15) is 18.0 Å². The molecular formula is C6H8O6S. The van der Waals surface area contributed by atoms with E-state index in [0.717, 1.165) is 0 Å². The average molecular weight is 208 g/mol. The Morgan fingerprint density at radius 3 is 2.46 bits per heavy atom. The maximum absolute atomic E-state index is 10.7. The Kier molecular flexibility index (Phi) is 2.67. The zero-order valence-electron chi connectivity index (χ0n) is 6.60. The van der Waals surface area contributed by atoms with E-state index in [-0.39, 0.29) is 12.8 Å². The molecule has 1 unspecified atom stereocenters. The summed E-state index contributed by atoms with van der Waals surface area (Å²) in [4.78, 5) is 21.4. The second kappa shape index (κ2) is 3.43. The van der Waals surface area contributed by atoms with Gasteiger partial charge >= 0.3 is 11.9 Å². The molecule has 1 heterocycles. The quantitative estimate of drug-likeness (QED) is 0.354. The summed E-state index contributed by atoms with van der Waals surface area (Å²) in [5.74, 6) is -1.67. The van der Waals surface area contributed by atoms with Crippen LogP contribution in [0.5, 0.6) is 0 Å². The summed E-state index contributed by atoms with van der Waals surface area (Å²) in [5, 5.41) is -1.22. The first kappa shape index (κ1) is 10.1. The van der Waals surface area contributed by atoms with Crippen molar-refractivity contribution in [3.05, 3.63) is 0 Å². The monoisotopic (exact) mass is 208 g/mol. The molecule has 74 valence electrons. The van der Waals surface area contributed by atoms with Gasteiger partial charge in [-0.1, -0.05) is 0 Å². The minimum atomic E-state index is -4.26. The van der Waals surface area contributed by atoms with E-state index in [1.807, 2.05) is 0 Å². The Morgan fingerprint density at radius 1 is 1.31 bits per heavy atom. The van der Waals surface area contributed by atoms with Gasteiger partial charge in [-0.05, 0) is 6.42 Å². The van der Waals surface area contributed by atoms with Crippen molar-refractivity contribution in [1.82, 2.24) is 0 Å². The smallest absolute Gasteiger partial charge is 0.314 e. The van der Waals surface area contributed by atoms with E-state index in [1.54, 1.807) is 0 Å². The largest absolute Gasteiger partial charge is 0.393 e. The molecule has 0 bridgehead atoms. The first-order valence-electron chi connectivity index (χ1n) is 3.59. The first-order valence-corrected chi connectivity index (χ1v) is 5.09. The molecule has 1 rings (SSSR count). The Hall–Kier alpha value is -0.950. The number of ether oxygens (including phenoxy) is 1. The molecule has 1 aliphatic rings. The van der Waals surface area contributed by atoms with Crippen LogP contribution >= 0.6 is 0 Å². The van der Waals surface area contributed by atoms with Gasteiger partial charge in [-0.3, -0.25) is 14.1 Å². The lowest BCUT2D eigenvalue weighted by Crippen LogP contribution is -2.22. The Balaban J connectivity index is 2.81. The molecular weight excluding hydrogens is 200 g/mol. The predicted octanol–water partition coefficient (Wildman–Crippen LogP) is -0.503. The summed E-state index contributed by atoms with van der Waals surface area (Å²) in [6.45, 7) is 0. The molecule has 1 saturated heterocycles. The van der Waals surface area contributed by atoms with Crippen LogP contribution in [-0.4, -0.2) is 30.2 Å². The molecule has 0 aromatic heterocycles. The molecule has 13 heavy (non-hydrogen) atoms. The van der Waals surface area contributed by atoms with E-state index in [2.05, 4.69) is 4.74 Å². The van der Waals surface area contributed by atoms with E-state index in [1.165, 1.54) is 0 Å². The zero-order valence-corrected chi connectivity index (χ0v) is 7.41. The van der Waals surface area contributed by atoms with Crippen molar-refractivity contribution >= 4 is 22.1 Å². The number of rotatable bonds is 1. The van der Waals surface area contributed by atoms with Crippen LogP contribution in [0, 0.1) is 0 Å². The van der Waals surface area contributed by atoms with E-state index < -0.39 is 33.7 Å². The van der Waals surface area contributed by atoms with Crippen LogP contribution in [-0.2, 0) is 24.4 Å². The third kappa shape index (κ3) is 2.78. The summed E-state index contributed by atoms with van der Waals surface area (Å²) >= 11 is 0. The van der Waals surface area contributed by atoms with Gasteiger partial charge in [0.05, 0.1) is 11.7 Å². The lowest BCUT2D eigenvalue weighted by Gasteiger charge is -2.05. The fraction of sp³-hybridized carbons (Fsp3) is 0.667. The third-order valence-electron chi connectivity index (χ3n) is 1.71. The van der Waals surface area contributed by atoms with Crippen molar-refractivity contribution in [3.8, 4) is 0 Å². The molecule has 1 fully saturated rings. The molecule has 0 amide bonds. The second-order valence-corrected chi connectivity index (χ2v) is 4.42. The number of hydrogen-bond donors (Lipinski definition) is 1. The van der Waals surface area contributed by atoms with Gasteiger partial charge in [0.15, 0.2) is 0 Å². The zero-order chi connectivity index (χ0) is 10.1. The molecule has 1 aliphatic heterocycles. The highest BCUT2D eigenvalue weighted by Gasteiger charge is 2.31. The van der Waals surface area contributed by atoms with Crippen LogP contribution < -0.4 is 0 Å². The normalized spacial score (nSPS) is 25.2. The van der Waals surface area contributed by atoms with Gasteiger partial charge in [0.1, 0.15) is 0 Å². The number of hydrogen-bond acceptors (Lipinski definition) is 5. The van der Waals surface area contributed by atoms with E-state index >= 15 is 0 Å². The van der Waals surface area contributed by atoms with Gasteiger partial charge in [0.25, 0.3) is 10.1 Å². The van der Waals surface area contributed by atoms with Crippen LogP contribution in [0.25, 0.3) is 0 Å². The topological polar surface area (TPSA) is 97.7 Å². The van der Waals surface area contributed by atoms with Crippen molar-refractivity contribution in [3.63, 3.8) is 0 Å². The first-order chi connectivity index (χ1) is 5.89. The van der Waals surface area contributed by atoms with Crippen molar-refractivity contribution < 1.29 is 27.3 Å². The maximum Gasteiger partial charge on any atom is 0.314 e. The van der Waals surface area contributed by atoms with Gasteiger partial charge in [-0.15, -0.1) is 0 Å². The highest BCUT2D eigenvalue weighted by Crippen LogP contribution is 2.16. The predicted molar refractivity (Wildman–Crippen MR) is 40.3 cm³/mol. The van der Waals surface area contributed by atoms with Crippen LogP contribution in [0.1, 0.15) is 19.3 Å². The lowest BCUT2D eigenvalue weighted by atomic mass is 10.2. The van der Waals surface area contributed by atoms with Gasteiger partial charge < -0.3 is 4.74 Å². The van der Waals surface area contributed by atoms with Crippen LogP contribution in [0.3, 0.4) is 0 Å². The summed E-state index contributed by atoms with van der Waals surface area (Å²) in [6, 6.07) is 0. The van der Waals surface area contributed by atoms with Crippen LogP contribution in [0.4, 0.5) is 0 Å². The van der Waals surface area contributed by atoms with Gasteiger partial charge in [-0.25, -0.2) is 0 Å². The second-order valence-electron chi connectivity index (χ2n) is 2.73. The number of cyclic esters (lactones) is 2. The number of carbonyl (C=O) groups excluding carboxylic acids is 2. The number of esters is 2. The molecule has 1 N–H and O–H groups in total. The lowest BCUT2D eigenvalue weighted by molar-refractivity contribution is -0.158. The van der Waals surface area contributed by atoms with Crippen molar-refractivity contribution in [2.24, 2.45) is 0 Å². The summed E-state index contributed by atoms with van der Waals surface area (Å²) in [6.07, 6.45) is -0.718. The van der Waals surface area contributed by atoms with Gasteiger partial charge in [-0.2, -0.15) is 8.42 Å². The van der Waals surface area contributed by atoms with E-state index in [4.69, 9.17) is 4.55 Å². The highest BCUT2D eigenvalue weighted by atomic mass is 32.2. The van der Waals surface area contributed by atoms with Gasteiger partial charge in [0, 0.05) is 6.42 Å². The number of carbonyl (C=O) groups is 2. The summed E-state index contributed by atoms with van der Waals surface area (Å²) in [7, 11) is -4.26. The fourth-order valence-corrected chi connectivity index (χ4v) is 1.80. The highest BCUT2D eigenvalue weighted by molar-refractivity contribution is 7.86. The molecule has 0 aromatic carbocycles. The van der Waals surface area contributed by atoms with Crippen molar-refractivity contribution in [2.75, 3.05) is 0 Å². The maximum atomic E-state index is 10.7. The van der Waals surface area contributed by atoms with Gasteiger partial charge in [0.2, 0.25) is 0 Å². The van der Waals surface area contributed by atoms with Crippen LogP contribution in [0.2, 0.25) is 0 Å². The molecule has 0 aromatic rings. The minimum absolute atomic E-state index is 0.0800. The molecule has 0 radical (unpaired) electrons. The van der Waals surface area contributed by atoms with Crippen molar-refractivity contribution in [2.45, 2.75) is 24.5 Å². The molecule has 0 spiro atoms. The fourth-order valence-electron chi connectivity index (χ4n) is 1.04. The van der Waals surface area contributed by atoms with E-state index in [0.29, 0.717) is 0 Å². The van der Waals surface area contributed by atoms with Crippen molar-refractivity contribution in [1.29, 1.82) is 0 Å². The standard InChI is InChI=1S/C6H8O6S/c7-5-2-1-4(13(9,10)11)3-6(8)12-5/h4H,1-3H2,(H,9,10,11). The molecule has 0 aliphatic carbocycles.